The Labute approximate surface area is 81.5 Å². The van der Waals surface area contributed by atoms with E-state index in [1.807, 2.05) is 25.2 Å². The van der Waals surface area contributed by atoms with Gasteiger partial charge in [-0.1, -0.05) is 34.1 Å². The van der Waals surface area contributed by atoms with Gasteiger partial charge < -0.3 is 0 Å². The summed E-state index contributed by atoms with van der Waals surface area (Å²) in [7, 11) is 1.87. The number of nitrogens with zero attached hydrogens (tertiary/aromatic N) is 1. The highest BCUT2D eigenvalue weighted by atomic mass is 79.9. The number of nitrogens with two attached hydrogens (primary N) is 1. The molecule has 0 aliphatic carbocycles. The zero-order valence-corrected chi connectivity index (χ0v) is 8.71. The van der Waals surface area contributed by atoms with Crippen molar-refractivity contribution in [2.75, 3.05) is 13.6 Å². The lowest BCUT2D eigenvalue weighted by molar-refractivity contribution is 0.353. The number of hydrogen-bond acceptors (Lipinski definition) is 2. The zero-order chi connectivity index (χ0) is 8.97. The van der Waals surface area contributed by atoms with Crippen molar-refractivity contribution >= 4 is 15.9 Å². The van der Waals surface area contributed by atoms with Gasteiger partial charge in [0.2, 0.25) is 0 Å². The van der Waals surface area contributed by atoms with E-state index in [4.69, 9.17) is 5.84 Å². The molecule has 0 saturated carbocycles. The first-order valence-corrected chi connectivity index (χ1v) is 4.68. The normalized spacial score (nSPS) is 10.7. The minimum atomic E-state index is 0.878. The summed E-state index contributed by atoms with van der Waals surface area (Å²) in [4.78, 5) is 0. The van der Waals surface area contributed by atoms with Crippen LogP contribution in [-0.4, -0.2) is 18.6 Å². The van der Waals surface area contributed by atoms with Crippen molar-refractivity contribution in [2.45, 2.75) is 6.42 Å². The van der Waals surface area contributed by atoms with E-state index in [-0.39, 0.29) is 0 Å². The highest BCUT2D eigenvalue weighted by molar-refractivity contribution is 9.10. The van der Waals surface area contributed by atoms with Crippen LogP contribution in [-0.2, 0) is 6.42 Å². The van der Waals surface area contributed by atoms with Crippen molar-refractivity contribution in [3.63, 3.8) is 0 Å². The molecular formula is C9H13BrN2. The minimum Gasteiger partial charge on any atom is -0.269 e. The van der Waals surface area contributed by atoms with E-state index in [9.17, 15) is 0 Å². The average molecular weight is 229 g/mol. The number of likely N-dealkylation sites (N-methyl/N-ethyl adjacent to an activating group) is 1. The molecule has 1 rings (SSSR count). The summed E-state index contributed by atoms with van der Waals surface area (Å²) in [5.41, 5.74) is 1.30. The molecule has 0 aliphatic rings. The molecule has 2 N–H and O–H groups in total. The summed E-state index contributed by atoms with van der Waals surface area (Å²) >= 11 is 3.49. The fourth-order valence-electron chi connectivity index (χ4n) is 0.998. The van der Waals surface area contributed by atoms with Crippen LogP contribution >= 0.6 is 15.9 Å². The maximum atomic E-state index is 5.51. The Hall–Kier alpha value is -0.380. The second-order valence-electron chi connectivity index (χ2n) is 2.82. The van der Waals surface area contributed by atoms with Gasteiger partial charge in [0, 0.05) is 18.1 Å². The molecule has 2 nitrogen and oxygen atoms in total. The van der Waals surface area contributed by atoms with Crippen molar-refractivity contribution in [1.82, 2.24) is 5.01 Å². The molecule has 0 fully saturated rings. The lowest BCUT2D eigenvalue weighted by atomic mass is 10.1. The van der Waals surface area contributed by atoms with Gasteiger partial charge in [0.05, 0.1) is 0 Å². The molecule has 1 aromatic carbocycles. The molecule has 0 aromatic heterocycles. The number of benzene rings is 1. The van der Waals surface area contributed by atoms with Crippen LogP contribution in [0, 0.1) is 0 Å². The standard InChI is InChI=1S/C9H13BrN2/c1-12(11)7-6-8-4-2-3-5-9(8)10/h2-5H,6-7,11H2,1H3. The van der Waals surface area contributed by atoms with E-state index < -0.39 is 0 Å². The molecule has 0 aliphatic heterocycles. The van der Waals surface area contributed by atoms with Crippen LogP contribution in [0.2, 0.25) is 0 Å². The van der Waals surface area contributed by atoms with Crippen LogP contribution in [0.4, 0.5) is 0 Å². The molecule has 0 unspecified atom stereocenters. The molecule has 0 radical (unpaired) electrons. The fraction of sp³-hybridized carbons (Fsp3) is 0.333. The lowest BCUT2D eigenvalue weighted by Crippen LogP contribution is -2.28. The highest BCUT2D eigenvalue weighted by Crippen LogP contribution is 2.15. The molecule has 66 valence electrons. The Balaban J connectivity index is 2.57. The number of hydrazine groups is 1. The van der Waals surface area contributed by atoms with E-state index in [2.05, 4.69) is 22.0 Å². The van der Waals surface area contributed by atoms with Gasteiger partial charge >= 0.3 is 0 Å². The Kier molecular flexibility index (Phi) is 3.72. The number of hydrogen-bond donors (Lipinski definition) is 1. The van der Waals surface area contributed by atoms with Crippen molar-refractivity contribution < 1.29 is 0 Å². The predicted octanol–water partition coefficient (Wildman–Crippen LogP) is 1.80. The number of halogens is 1. The quantitative estimate of drug-likeness (QED) is 0.632. The first-order chi connectivity index (χ1) is 5.70. The number of rotatable bonds is 3. The fourth-order valence-corrected chi connectivity index (χ4v) is 1.48. The molecule has 1 aromatic rings. The summed E-state index contributed by atoms with van der Waals surface area (Å²) in [5, 5.41) is 1.69. The Bertz CT molecular complexity index is 248. The molecule has 0 amide bonds. The lowest BCUT2D eigenvalue weighted by Gasteiger charge is -2.09. The first kappa shape index (κ1) is 9.71. The summed E-state index contributed by atoms with van der Waals surface area (Å²) in [5.74, 6) is 5.51. The third-order valence-corrected chi connectivity index (χ3v) is 2.47. The van der Waals surface area contributed by atoms with Gasteiger partial charge in [-0.25, -0.2) is 5.01 Å². The second-order valence-corrected chi connectivity index (χ2v) is 3.68. The summed E-state index contributed by atoms with van der Waals surface area (Å²) in [6, 6.07) is 8.20. The summed E-state index contributed by atoms with van der Waals surface area (Å²) in [6.45, 7) is 0.878. The van der Waals surface area contributed by atoms with Crippen LogP contribution in [0.15, 0.2) is 28.7 Å². The summed E-state index contributed by atoms with van der Waals surface area (Å²) < 4.78 is 1.16. The first-order valence-electron chi connectivity index (χ1n) is 3.89. The molecule has 12 heavy (non-hydrogen) atoms. The topological polar surface area (TPSA) is 29.3 Å². The van der Waals surface area contributed by atoms with Gasteiger partial charge in [0.25, 0.3) is 0 Å². The Morgan fingerprint density at radius 2 is 2.08 bits per heavy atom. The summed E-state index contributed by atoms with van der Waals surface area (Å²) in [6.07, 6.45) is 0.981. The van der Waals surface area contributed by atoms with Crippen LogP contribution in [0.3, 0.4) is 0 Å². The van der Waals surface area contributed by atoms with Gasteiger partial charge in [-0.3, -0.25) is 5.84 Å². The Morgan fingerprint density at radius 3 is 2.67 bits per heavy atom. The van der Waals surface area contributed by atoms with Crippen molar-refractivity contribution in [3.05, 3.63) is 34.3 Å². The molecule has 0 heterocycles. The maximum absolute atomic E-state index is 5.51. The van der Waals surface area contributed by atoms with Gasteiger partial charge in [-0.15, -0.1) is 0 Å². The third-order valence-electron chi connectivity index (χ3n) is 1.69. The average Bonchev–Trinajstić information content (AvgIpc) is 2.03. The SMILES string of the molecule is CN(N)CCc1ccccc1Br. The highest BCUT2D eigenvalue weighted by Gasteiger charge is 1.98. The second kappa shape index (κ2) is 4.60. The molecule has 0 saturated heterocycles. The van der Waals surface area contributed by atoms with Crippen LogP contribution in [0.5, 0.6) is 0 Å². The Morgan fingerprint density at radius 1 is 1.42 bits per heavy atom. The van der Waals surface area contributed by atoms with Crippen molar-refractivity contribution in [2.24, 2.45) is 5.84 Å². The monoisotopic (exact) mass is 228 g/mol. The van der Waals surface area contributed by atoms with Crippen LogP contribution < -0.4 is 5.84 Å². The maximum Gasteiger partial charge on any atom is 0.0207 e. The van der Waals surface area contributed by atoms with Gasteiger partial charge in [0.1, 0.15) is 0 Å². The molecule has 0 atom stereocenters. The van der Waals surface area contributed by atoms with Gasteiger partial charge in [-0.05, 0) is 18.1 Å². The minimum absolute atomic E-state index is 0.878. The van der Waals surface area contributed by atoms with Gasteiger partial charge in [-0.2, -0.15) is 0 Å². The molecule has 3 heteroatoms. The van der Waals surface area contributed by atoms with Crippen molar-refractivity contribution in [3.8, 4) is 0 Å². The van der Waals surface area contributed by atoms with E-state index in [1.54, 1.807) is 5.01 Å². The van der Waals surface area contributed by atoms with E-state index in [0.29, 0.717) is 0 Å². The van der Waals surface area contributed by atoms with E-state index in [0.717, 1.165) is 17.4 Å². The zero-order valence-electron chi connectivity index (χ0n) is 7.13. The van der Waals surface area contributed by atoms with E-state index >= 15 is 0 Å². The van der Waals surface area contributed by atoms with Crippen LogP contribution in [0.1, 0.15) is 5.56 Å². The van der Waals surface area contributed by atoms with Crippen LogP contribution in [0.25, 0.3) is 0 Å². The predicted molar refractivity (Wildman–Crippen MR) is 54.7 cm³/mol. The molecular weight excluding hydrogens is 216 g/mol. The van der Waals surface area contributed by atoms with Crippen molar-refractivity contribution in [1.29, 1.82) is 0 Å². The largest absolute Gasteiger partial charge is 0.269 e. The third kappa shape index (κ3) is 2.93. The molecule has 0 bridgehead atoms. The smallest absolute Gasteiger partial charge is 0.0207 e. The van der Waals surface area contributed by atoms with E-state index in [1.165, 1.54) is 5.56 Å². The van der Waals surface area contributed by atoms with Gasteiger partial charge in [0.15, 0.2) is 0 Å². The molecule has 0 spiro atoms.